The summed E-state index contributed by atoms with van der Waals surface area (Å²) in [5, 5.41) is 13.0. The van der Waals surface area contributed by atoms with Crippen LogP contribution in [0, 0.1) is 29.0 Å². The molecule has 1 aromatic carbocycles. The highest BCUT2D eigenvalue weighted by molar-refractivity contribution is 5.47. The number of allylic oxidation sites excluding steroid dienone is 5. The van der Waals surface area contributed by atoms with E-state index in [1.54, 1.807) is 24.5 Å². The van der Waals surface area contributed by atoms with Gasteiger partial charge in [0.2, 0.25) is 0 Å². The molecule has 112 valence electrons. The molecule has 0 saturated carbocycles. The van der Waals surface area contributed by atoms with Gasteiger partial charge in [-0.3, -0.25) is 0 Å². The zero-order chi connectivity index (χ0) is 16.7. The van der Waals surface area contributed by atoms with E-state index in [-0.39, 0.29) is 5.56 Å². The number of hydrogen-bond donors (Lipinski definition) is 0. The van der Waals surface area contributed by atoms with Gasteiger partial charge in [0, 0.05) is 11.8 Å². The van der Waals surface area contributed by atoms with Crippen molar-refractivity contribution in [3.05, 3.63) is 84.0 Å². The Morgan fingerprint density at radius 2 is 2.17 bits per heavy atom. The Balaban J connectivity index is 2.32. The topological polar surface area (TPSA) is 41.6 Å². The molecular weight excluding hydrogens is 289 g/mol. The molecule has 23 heavy (non-hydrogen) atoms. The van der Waals surface area contributed by atoms with Crippen LogP contribution in [0.3, 0.4) is 0 Å². The molecule has 0 bridgehead atoms. The van der Waals surface area contributed by atoms with Gasteiger partial charge in [-0.05, 0) is 31.2 Å². The van der Waals surface area contributed by atoms with Crippen molar-refractivity contribution < 1.29 is 4.39 Å². The third kappa shape index (κ3) is 4.30. The first kappa shape index (κ1) is 16.0. The van der Waals surface area contributed by atoms with Crippen LogP contribution in [0.2, 0.25) is 0 Å². The predicted octanol–water partition coefficient (Wildman–Crippen LogP) is 3.92. The molecule has 0 aliphatic carbocycles. The third-order valence-corrected chi connectivity index (χ3v) is 2.85. The van der Waals surface area contributed by atoms with E-state index in [0.717, 1.165) is 5.57 Å². The van der Waals surface area contributed by atoms with Crippen molar-refractivity contribution in [2.45, 2.75) is 6.92 Å². The second kappa shape index (κ2) is 7.59. The zero-order valence-corrected chi connectivity index (χ0v) is 12.6. The number of hydrogen-bond acceptors (Lipinski definition) is 2. The van der Waals surface area contributed by atoms with Crippen molar-refractivity contribution in [1.29, 1.82) is 5.26 Å². The van der Waals surface area contributed by atoms with Crippen LogP contribution in [-0.4, -0.2) is 9.78 Å². The van der Waals surface area contributed by atoms with E-state index in [1.807, 2.05) is 31.2 Å². The lowest BCUT2D eigenvalue weighted by Crippen LogP contribution is -1.96. The fraction of sp³-hybridized carbons (Fsp3) is 0.0526. The summed E-state index contributed by atoms with van der Waals surface area (Å²) in [6.45, 7) is 5.56. The highest BCUT2D eigenvalue weighted by Gasteiger charge is 2.04. The van der Waals surface area contributed by atoms with Gasteiger partial charge in [-0.25, -0.2) is 9.07 Å². The minimum absolute atomic E-state index is 0.243. The molecule has 3 nitrogen and oxygen atoms in total. The maximum absolute atomic E-state index is 13.5. The van der Waals surface area contributed by atoms with Crippen LogP contribution in [0.1, 0.15) is 18.1 Å². The monoisotopic (exact) mass is 303 g/mol. The minimum atomic E-state index is -0.480. The first-order valence-corrected chi connectivity index (χ1v) is 6.89. The molecular formula is C19H14FN3. The van der Waals surface area contributed by atoms with E-state index in [4.69, 9.17) is 5.26 Å². The molecule has 0 amide bonds. The summed E-state index contributed by atoms with van der Waals surface area (Å²) in [5.74, 6) is 5.52. The lowest BCUT2D eigenvalue weighted by molar-refractivity contribution is 0.625. The average Bonchev–Trinajstić information content (AvgIpc) is 3.01. The van der Waals surface area contributed by atoms with Gasteiger partial charge in [0.25, 0.3) is 0 Å². The highest BCUT2D eigenvalue weighted by atomic mass is 19.1. The second-order valence-electron chi connectivity index (χ2n) is 4.59. The summed E-state index contributed by atoms with van der Waals surface area (Å²) in [5.41, 5.74) is 2.23. The Morgan fingerprint density at radius 3 is 2.87 bits per heavy atom. The molecule has 0 saturated heterocycles. The molecule has 4 heteroatoms. The highest BCUT2D eigenvalue weighted by Crippen LogP contribution is 2.13. The summed E-state index contributed by atoms with van der Waals surface area (Å²) >= 11 is 0. The molecule has 0 fully saturated rings. The fourth-order valence-electron chi connectivity index (χ4n) is 1.89. The first-order valence-electron chi connectivity index (χ1n) is 6.89. The molecule has 0 atom stereocenters. The van der Waals surface area contributed by atoms with Crippen molar-refractivity contribution in [2.75, 3.05) is 0 Å². The van der Waals surface area contributed by atoms with Gasteiger partial charge >= 0.3 is 0 Å². The Labute approximate surface area is 134 Å². The number of halogens is 1. The first-order chi connectivity index (χ1) is 11.2. The van der Waals surface area contributed by atoms with E-state index in [2.05, 4.69) is 23.5 Å². The van der Waals surface area contributed by atoms with Gasteiger partial charge in [0.05, 0.1) is 29.1 Å². The Hall–Kier alpha value is -3.37. The molecule has 1 heterocycles. The fourth-order valence-corrected chi connectivity index (χ4v) is 1.89. The maximum Gasteiger partial charge on any atom is 0.126 e. The summed E-state index contributed by atoms with van der Waals surface area (Å²) in [6, 6.07) is 5.98. The van der Waals surface area contributed by atoms with Crippen LogP contribution in [0.5, 0.6) is 0 Å². The van der Waals surface area contributed by atoms with Crippen molar-refractivity contribution in [1.82, 2.24) is 9.78 Å². The van der Waals surface area contributed by atoms with Crippen molar-refractivity contribution in [2.24, 2.45) is 0 Å². The standard InChI is InChI=1S/C19H14FN3/c1-3-5-15(6-4-2)7-8-16-13-22-23(14-16)19-10-17(12-21)9-18(20)11-19/h3-6,9-11,13-14H,1H2,2H3/b6-4-,15-5+. The second-order valence-corrected chi connectivity index (χ2v) is 4.59. The molecule has 0 N–H and O–H groups in total. The van der Waals surface area contributed by atoms with Gasteiger partial charge in [-0.1, -0.05) is 36.6 Å². The molecule has 2 aromatic rings. The van der Waals surface area contributed by atoms with Crippen LogP contribution in [0.15, 0.2) is 67.0 Å². The predicted molar refractivity (Wildman–Crippen MR) is 88.2 cm³/mol. The van der Waals surface area contributed by atoms with Crippen molar-refractivity contribution >= 4 is 0 Å². The summed E-state index contributed by atoms with van der Waals surface area (Å²) < 4.78 is 15.0. The van der Waals surface area contributed by atoms with E-state index in [9.17, 15) is 4.39 Å². The molecule has 0 unspecified atom stereocenters. The quantitative estimate of drug-likeness (QED) is 0.637. The SMILES string of the molecule is C=C/C=C(C#Cc1cnn(-c2cc(F)cc(C#N)c2)c1)\C=C/C. The molecule has 1 aromatic heterocycles. The lowest BCUT2D eigenvalue weighted by atomic mass is 10.2. The van der Waals surface area contributed by atoms with Gasteiger partial charge < -0.3 is 0 Å². The van der Waals surface area contributed by atoms with Gasteiger partial charge in [0.15, 0.2) is 0 Å². The van der Waals surface area contributed by atoms with E-state index in [0.29, 0.717) is 11.3 Å². The molecule has 0 spiro atoms. The van der Waals surface area contributed by atoms with Gasteiger partial charge in [0.1, 0.15) is 5.82 Å². The number of aromatic nitrogens is 2. The maximum atomic E-state index is 13.5. The smallest absolute Gasteiger partial charge is 0.126 e. The number of nitriles is 1. The van der Waals surface area contributed by atoms with Crippen LogP contribution >= 0.6 is 0 Å². The normalized spacial score (nSPS) is 10.9. The summed E-state index contributed by atoms with van der Waals surface area (Å²) in [7, 11) is 0. The van der Waals surface area contributed by atoms with E-state index >= 15 is 0 Å². The van der Waals surface area contributed by atoms with E-state index in [1.165, 1.54) is 16.8 Å². The van der Waals surface area contributed by atoms with Gasteiger partial charge in [-0.2, -0.15) is 10.4 Å². The Bertz CT molecular complexity index is 883. The Morgan fingerprint density at radius 1 is 1.35 bits per heavy atom. The zero-order valence-electron chi connectivity index (χ0n) is 12.6. The summed E-state index contributed by atoms with van der Waals surface area (Å²) in [6.07, 6.45) is 10.5. The molecule has 0 aliphatic heterocycles. The van der Waals surface area contributed by atoms with Crippen LogP contribution < -0.4 is 0 Å². The van der Waals surface area contributed by atoms with Crippen LogP contribution in [-0.2, 0) is 0 Å². The molecule has 2 rings (SSSR count). The average molecular weight is 303 g/mol. The number of benzene rings is 1. The number of rotatable bonds is 3. The van der Waals surface area contributed by atoms with Crippen LogP contribution in [0.25, 0.3) is 5.69 Å². The van der Waals surface area contributed by atoms with Crippen molar-refractivity contribution in [3.63, 3.8) is 0 Å². The Kier molecular flexibility index (Phi) is 5.28. The number of nitrogens with zero attached hydrogens (tertiary/aromatic N) is 3. The molecule has 0 aliphatic rings. The third-order valence-electron chi connectivity index (χ3n) is 2.85. The lowest BCUT2D eigenvalue weighted by Gasteiger charge is -2.01. The van der Waals surface area contributed by atoms with E-state index < -0.39 is 5.82 Å². The summed E-state index contributed by atoms with van der Waals surface area (Å²) in [4.78, 5) is 0. The van der Waals surface area contributed by atoms with Gasteiger partial charge in [-0.15, -0.1) is 0 Å². The van der Waals surface area contributed by atoms with Crippen molar-refractivity contribution in [3.8, 4) is 23.6 Å². The molecule has 0 radical (unpaired) electrons. The van der Waals surface area contributed by atoms with Crippen LogP contribution in [0.4, 0.5) is 4.39 Å². The minimum Gasteiger partial charge on any atom is -0.240 e. The largest absolute Gasteiger partial charge is 0.240 e.